The van der Waals surface area contributed by atoms with Crippen molar-refractivity contribution in [2.45, 2.75) is 32.3 Å². The van der Waals surface area contributed by atoms with Crippen molar-refractivity contribution in [3.63, 3.8) is 0 Å². The van der Waals surface area contributed by atoms with Gasteiger partial charge in [-0.15, -0.1) is 0 Å². The van der Waals surface area contributed by atoms with Gasteiger partial charge in [0.2, 0.25) is 0 Å². The zero-order valence-corrected chi connectivity index (χ0v) is 7.74. The van der Waals surface area contributed by atoms with E-state index >= 15 is 0 Å². The van der Waals surface area contributed by atoms with Crippen molar-refractivity contribution in [1.82, 2.24) is 0 Å². The second-order valence-corrected chi connectivity index (χ2v) is 2.68. The van der Waals surface area contributed by atoms with Gasteiger partial charge in [-0.1, -0.05) is 50.3 Å². The van der Waals surface area contributed by atoms with E-state index in [1.165, 1.54) is 0 Å². The Balaban J connectivity index is 3.50. The molecule has 1 heteroatoms. The number of rotatable bonds is 6. The van der Waals surface area contributed by atoms with Gasteiger partial charge in [-0.25, -0.2) is 0 Å². The lowest BCUT2D eigenvalue weighted by molar-refractivity contribution is 0.226. The van der Waals surface area contributed by atoms with E-state index in [-0.39, 0.29) is 6.10 Å². The van der Waals surface area contributed by atoms with Gasteiger partial charge in [0, 0.05) is 0 Å². The molecule has 0 aliphatic heterocycles. The SMILES string of the molecule is C=C/C=C/CC(O)/C=C/CCC. The van der Waals surface area contributed by atoms with E-state index in [9.17, 15) is 5.11 Å². The minimum absolute atomic E-state index is 0.340. The van der Waals surface area contributed by atoms with Crippen LogP contribution in [0.25, 0.3) is 0 Å². The summed E-state index contributed by atoms with van der Waals surface area (Å²) in [5.74, 6) is 0. The maximum atomic E-state index is 9.33. The summed E-state index contributed by atoms with van der Waals surface area (Å²) < 4.78 is 0. The van der Waals surface area contributed by atoms with E-state index in [2.05, 4.69) is 13.5 Å². The molecule has 0 saturated heterocycles. The van der Waals surface area contributed by atoms with Gasteiger partial charge in [-0.3, -0.25) is 0 Å². The summed E-state index contributed by atoms with van der Waals surface area (Å²) in [7, 11) is 0. The van der Waals surface area contributed by atoms with Crippen molar-refractivity contribution in [1.29, 1.82) is 0 Å². The van der Waals surface area contributed by atoms with Crippen molar-refractivity contribution in [3.8, 4) is 0 Å². The van der Waals surface area contributed by atoms with Gasteiger partial charge in [0.1, 0.15) is 0 Å². The molecule has 1 nitrogen and oxygen atoms in total. The molecule has 0 saturated carbocycles. The van der Waals surface area contributed by atoms with Crippen molar-refractivity contribution in [2.24, 2.45) is 0 Å². The van der Waals surface area contributed by atoms with E-state index in [1.54, 1.807) is 6.08 Å². The topological polar surface area (TPSA) is 20.2 Å². The molecular weight excluding hydrogens is 148 g/mol. The number of allylic oxidation sites excluding steroid dienone is 3. The summed E-state index contributed by atoms with van der Waals surface area (Å²) in [6.07, 6.45) is 11.8. The molecule has 1 N–H and O–H groups in total. The lowest BCUT2D eigenvalue weighted by Crippen LogP contribution is -1.98. The van der Waals surface area contributed by atoms with E-state index < -0.39 is 0 Å². The highest BCUT2D eigenvalue weighted by Gasteiger charge is 1.92. The van der Waals surface area contributed by atoms with Crippen molar-refractivity contribution in [2.75, 3.05) is 0 Å². The summed E-state index contributed by atoms with van der Waals surface area (Å²) in [4.78, 5) is 0. The molecule has 0 radical (unpaired) electrons. The molecule has 0 aromatic carbocycles. The number of aliphatic hydroxyl groups excluding tert-OH is 1. The zero-order chi connectivity index (χ0) is 9.23. The summed E-state index contributed by atoms with van der Waals surface area (Å²) in [6.45, 7) is 5.67. The molecule has 0 aliphatic carbocycles. The van der Waals surface area contributed by atoms with Crippen molar-refractivity contribution in [3.05, 3.63) is 37.0 Å². The first-order valence-corrected chi connectivity index (χ1v) is 4.43. The van der Waals surface area contributed by atoms with Crippen LogP contribution in [0, 0.1) is 0 Å². The number of hydrogen-bond donors (Lipinski definition) is 1. The van der Waals surface area contributed by atoms with Crippen LogP contribution in [0.1, 0.15) is 26.2 Å². The molecule has 0 rings (SSSR count). The van der Waals surface area contributed by atoms with Crippen LogP contribution in [0.2, 0.25) is 0 Å². The molecule has 12 heavy (non-hydrogen) atoms. The van der Waals surface area contributed by atoms with Crippen LogP contribution in [0.4, 0.5) is 0 Å². The Hall–Kier alpha value is -0.820. The Bertz CT molecular complexity index is 156. The average molecular weight is 166 g/mol. The zero-order valence-electron chi connectivity index (χ0n) is 7.74. The van der Waals surface area contributed by atoms with E-state index in [0.29, 0.717) is 6.42 Å². The van der Waals surface area contributed by atoms with Crippen LogP contribution in [-0.2, 0) is 0 Å². The lowest BCUT2D eigenvalue weighted by Gasteiger charge is -1.98. The molecule has 0 bridgehead atoms. The summed E-state index contributed by atoms with van der Waals surface area (Å²) >= 11 is 0. The van der Waals surface area contributed by atoms with Gasteiger partial charge in [0.25, 0.3) is 0 Å². The molecule has 0 aromatic heterocycles. The summed E-state index contributed by atoms with van der Waals surface area (Å²) in [5, 5.41) is 9.33. The first kappa shape index (κ1) is 11.2. The number of hydrogen-bond acceptors (Lipinski definition) is 1. The maximum Gasteiger partial charge on any atom is 0.0755 e. The minimum Gasteiger partial charge on any atom is -0.389 e. The molecule has 68 valence electrons. The highest BCUT2D eigenvalue weighted by atomic mass is 16.3. The Morgan fingerprint density at radius 1 is 1.42 bits per heavy atom. The largest absolute Gasteiger partial charge is 0.389 e. The average Bonchev–Trinajstić information content (AvgIpc) is 2.06. The van der Waals surface area contributed by atoms with Crippen LogP contribution < -0.4 is 0 Å². The van der Waals surface area contributed by atoms with E-state index in [0.717, 1.165) is 12.8 Å². The van der Waals surface area contributed by atoms with Crippen LogP contribution in [-0.4, -0.2) is 11.2 Å². The van der Waals surface area contributed by atoms with Crippen molar-refractivity contribution < 1.29 is 5.11 Å². The van der Waals surface area contributed by atoms with E-state index in [1.807, 2.05) is 24.3 Å². The fourth-order valence-electron chi connectivity index (χ4n) is 0.813. The molecule has 1 unspecified atom stereocenters. The van der Waals surface area contributed by atoms with Crippen LogP contribution in [0.15, 0.2) is 37.0 Å². The van der Waals surface area contributed by atoms with Gasteiger partial charge in [0.15, 0.2) is 0 Å². The molecule has 0 spiro atoms. The van der Waals surface area contributed by atoms with Crippen LogP contribution in [0.5, 0.6) is 0 Å². The standard InChI is InChI=1S/C11H18O/c1-3-5-7-9-11(12)10-8-6-4-2/h3,5,7-8,10-12H,1,4,6,9H2,2H3/b7-5+,10-8+. The van der Waals surface area contributed by atoms with Gasteiger partial charge in [-0.05, 0) is 12.8 Å². The number of unbranched alkanes of at least 4 members (excludes halogenated alkanes) is 1. The van der Waals surface area contributed by atoms with Gasteiger partial charge >= 0.3 is 0 Å². The quantitative estimate of drug-likeness (QED) is 0.475. The third kappa shape index (κ3) is 7.29. The first-order chi connectivity index (χ1) is 5.81. The molecule has 0 amide bonds. The fourth-order valence-corrected chi connectivity index (χ4v) is 0.813. The smallest absolute Gasteiger partial charge is 0.0755 e. The highest BCUT2D eigenvalue weighted by molar-refractivity contribution is 5.00. The Morgan fingerprint density at radius 3 is 2.75 bits per heavy atom. The molecule has 0 fully saturated rings. The Kier molecular flexibility index (Phi) is 7.71. The second kappa shape index (κ2) is 8.28. The molecule has 0 aliphatic rings. The lowest BCUT2D eigenvalue weighted by atomic mass is 10.2. The van der Waals surface area contributed by atoms with Gasteiger partial charge < -0.3 is 5.11 Å². The second-order valence-electron chi connectivity index (χ2n) is 2.68. The number of aliphatic hydroxyl groups is 1. The third-order valence-corrected chi connectivity index (χ3v) is 1.46. The minimum atomic E-state index is -0.340. The first-order valence-electron chi connectivity index (χ1n) is 4.43. The maximum absolute atomic E-state index is 9.33. The van der Waals surface area contributed by atoms with E-state index in [4.69, 9.17) is 0 Å². The molecular formula is C11H18O. The fraction of sp³-hybridized carbons (Fsp3) is 0.455. The van der Waals surface area contributed by atoms with Crippen molar-refractivity contribution >= 4 is 0 Å². The summed E-state index contributed by atoms with van der Waals surface area (Å²) in [5.41, 5.74) is 0. The monoisotopic (exact) mass is 166 g/mol. The Labute approximate surface area is 75.1 Å². The highest BCUT2D eigenvalue weighted by Crippen LogP contribution is 1.97. The normalized spacial score (nSPS) is 14.2. The molecule has 0 heterocycles. The predicted molar refractivity (Wildman–Crippen MR) is 54.0 cm³/mol. The van der Waals surface area contributed by atoms with Crippen LogP contribution in [0.3, 0.4) is 0 Å². The summed E-state index contributed by atoms with van der Waals surface area (Å²) in [6, 6.07) is 0. The van der Waals surface area contributed by atoms with Crippen LogP contribution >= 0.6 is 0 Å². The predicted octanol–water partition coefficient (Wildman–Crippen LogP) is 2.84. The third-order valence-electron chi connectivity index (χ3n) is 1.46. The molecule has 0 aromatic rings. The van der Waals surface area contributed by atoms with Gasteiger partial charge in [0.05, 0.1) is 6.10 Å². The molecule has 1 atom stereocenters. The Morgan fingerprint density at radius 2 is 2.17 bits per heavy atom. The van der Waals surface area contributed by atoms with Gasteiger partial charge in [-0.2, -0.15) is 0 Å².